The molecule has 0 radical (unpaired) electrons. The molecule has 2 N–H and O–H groups in total. The van der Waals surface area contributed by atoms with E-state index < -0.39 is 5.25 Å². The average Bonchev–Trinajstić information content (AvgIpc) is 2.54. The number of aromatic nitrogens is 2. The van der Waals surface area contributed by atoms with Crippen molar-refractivity contribution < 1.29 is 4.79 Å². The van der Waals surface area contributed by atoms with Gasteiger partial charge in [0.15, 0.2) is 5.16 Å². The summed E-state index contributed by atoms with van der Waals surface area (Å²) in [5.41, 5.74) is 1.54. The topological polar surface area (TPSA) is 98.6 Å². The number of nitrogens with zero attached hydrogens (tertiary/aromatic N) is 2. The Morgan fingerprint density at radius 3 is 2.96 bits per heavy atom. The Balaban J connectivity index is 2.06. The number of carbonyl (C=O) groups excluding carboxylic acids is 1. The van der Waals surface area contributed by atoms with Crippen LogP contribution >= 0.6 is 11.8 Å². The van der Waals surface area contributed by atoms with Crippen molar-refractivity contribution in [3.63, 3.8) is 0 Å². The van der Waals surface area contributed by atoms with Gasteiger partial charge in [-0.3, -0.25) is 9.59 Å². The molecular weight excluding hydrogens is 324 g/mol. The lowest BCUT2D eigenvalue weighted by Crippen LogP contribution is -2.23. The fourth-order valence-electron chi connectivity index (χ4n) is 2.05. The van der Waals surface area contributed by atoms with Gasteiger partial charge in [0.2, 0.25) is 5.91 Å². The number of thioether (sulfide) groups is 1. The molecule has 0 spiro atoms. The van der Waals surface area contributed by atoms with E-state index in [1.165, 1.54) is 17.8 Å². The highest BCUT2D eigenvalue weighted by atomic mass is 32.2. The summed E-state index contributed by atoms with van der Waals surface area (Å²) < 4.78 is 0. The molecule has 0 bridgehead atoms. The van der Waals surface area contributed by atoms with Gasteiger partial charge in [0.1, 0.15) is 0 Å². The Bertz CT molecular complexity index is 826. The number of nitrogens with one attached hydrogen (secondary N) is 2. The first kappa shape index (κ1) is 17.8. The van der Waals surface area contributed by atoms with E-state index in [1.54, 1.807) is 31.2 Å². The van der Waals surface area contributed by atoms with Crippen LogP contribution in [0.4, 0.5) is 5.69 Å². The lowest BCUT2D eigenvalue weighted by Gasteiger charge is -2.12. The van der Waals surface area contributed by atoms with Gasteiger partial charge in [-0.05, 0) is 31.5 Å². The minimum atomic E-state index is -0.448. The third-order valence-corrected chi connectivity index (χ3v) is 4.18. The Morgan fingerprint density at radius 1 is 1.46 bits per heavy atom. The molecule has 2 rings (SSSR count). The number of aryl methyl sites for hydroxylation is 1. The molecule has 1 amide bonds. The summed E-state index contributed by atoms with van der Waals surface area (Å²) >= 11 is 1.19. The van der Waals surface area contributed by atoms with Gasteiger partial charge in [-0.1, -0.05) is 31.2 Å². The zero-order valence-corrected chi connectivity index (χ0v) is 14.3. The van der Waals surface area contributed by atoms with Crippen LogP contribution in [0.15, 0.2) is 40.3 Å². The van der Waals surface area contributed by atoms with Crippen LogP contribution in [0, 0.1) is 11.3 Å². The van der Waals surface area contributed by atoms with Crippen LogP contribution in [0.5, 0.6) is 0 Å². The van der Waals surface area contributed by atoms with E-state index in [9.17, 15) is 9.59 Å². The summed E-state index contributed by atoms with van der Waals surface area (Å²) in [5.74, 6) is -0.223. The van der Waals surface area contributed by atoms with Crippen molar-refractivity contribution in [1.29, 1.82) is 5.26 Å². The van der Waals surface area contributed by atoms with Crippen LogP contribution in [0.25, 0.3) is 0 Å². The minimum Gasteiger partial charge on any atom is -0.325 e. The van der Waals surface area contributed by atoms with Gasteiger partial charge in [0, 0.05) is 17.4 Å². The van der Waals surface area contributed by atoms with Crippen LogP contribution < -0.4 is 10.9 Å². The number of rotatable bonds is 6. The number of benzene rings is 1. The molecule has 2 aromatic rings. The standard InChI is InChI=1S/C17H18N4O2S/c1-3-5-13-9-15(22)21-17(20-13)24-11(2)16(23)19-14-7-4-6-12(8-14)10-18/h4,6-9,11H,3,5H2,1-2H3,(H,19,23)(H,20,21,22)/t11-/m0/s1. The van der Waals surface area contributed by atoms with Crippen molar-refractivity contribution in [3.05, 3.63) is 51.9 Å². The molecule has 0 aliphatic carbocycles. The second-order valence-electron chi connectivity index (χ2n) is 5.23. The van der Waals surface area contributed by atoms with Crippen LogP contribution in [0.2, 0.25) is 0 Å². The fraction of sp³-hybridized carbons (Fsp3) is 0.294. The third-order valence-electron chi connectivity index (χ3n) is 3.20. The molecule has 0 unspecified atom stereocenters. The number of anilines is 1. The Kier molecular flexibility index (Phi) is 6.15. The lowest BCUT2D eigenvalue weighted by atomic mass is 10.2. The van der Waals surface area contributed by atoms with E-state index >= 15 is 0 Å². The number of hydrogen-bond donors (Lipinski definition) is 2. The number of nitriles is 1. The van der Waals surface area contributed by atoms with Crippen LogP contribution in [0.1, 0.15) is 31.5 Å². The summed E-state index contributed by atoms with van der Waals surface area (Å²) in [7, 11) is 0. The second-order valence-corrected chi connectivity index (χ2v) is 6.56. The number of carbonyl (C=O) groups is 1. The molecule has 24 heavy (non-hydrogen) atoms. The number of H-pyrrole nitrogens is 1. The van der Waals surface area contributed by atoms with E-state index in [4.69, 9.17) is 5.26 Å². The third kappa shape index (κ3) is 4.96. The molecule has 1 aromatic heterocycles. The van der Waals surface area contributed by atoms with Gasteiger partial charge in [0.25, 0.3) is 5.56 Å². The fourth-order valence-corrected chi connectivity index (χ4v) is 2.89. The van der Waals surface area contributed by atoms with Gasteiger partial charge in [-0.15, -0.1) is 0 Å². The largest absolute Gasteiger partial charge is 0.325 e. The molecule has 6 nitrogen and oxygen atoms in total. The maximum atomic E-state index is 12.3. The lowest BCUT2D eigenvalue weighted by molar-refractivity contribution is -0.115. The molecule has 124 valence electrons. The molecule has 0 aliphatic rings. The zero-order chi connectivity index (χ0) is 17.5. The second kappa shape index (κ2) is 8.31. The quantitative estimate of drug-likeness (QED) is 0.621. The van der Waals surface area contributed by atoms with Crippen molar-refractivity contribution in [3.8, 4) is 6.07 Å². The molecule has 0 aliphatic heterocycles. The zero-order valence-electron chi connectivity index (χ0n) is 13.5. The molecule has 0 fully saturated rings. The molecule has 0 saturated carbocycles. The molecule has 0 saturated heterocycles. The number of amides is 1. The molecule has 1 atom stereocenters. The molecule has 1 aromatic carbocycles. The molecular formula is C17H18N4O2S. The number of hydrogen-bond acceptors (Lipinski definition) is 5. The highest BCUT2D eigenvalue weighted by molar-refractivity contribution is 8.00. The van der Waals surface area contributed by atoms with Crippen molar-refractivity contribution >= 4 is 23.4 Å². The highest BCUT2D eigenvalue weighted by Gasteiger charge is 2.16. The smallest absolute Gasteiger partial charge is 0.251 e. The van der Waals surface area contributed by atoms with Gasteiger partial charge in [-0.2, -0.15) is 5.26 Å². The van der Waals surface area contributed by atoms with E-state index in [0.29, 0.717) is 16.4 Å². The normalized spacial score (nSPS) is 11.5. The maximum Gasteiger partial charge on any atom is 0.251 e. The SMILES string of the molecule is CCCc1cc(=O)[nH]c(S[C@@H](C)C(=O)Nc2cccc(C#N)c2)n1. The summed E-state index contributed by atoms with van der Waals surface area (Å²) in [6.07, 6.45) is 1.62. The number of aromatic amines is 1. The van der Waals surface area contributed by atoms with Gasteiger partial charge in [0.05, 0.1) is 16.9 Å². The first-order valence-electron chi connectivity index (χ1n) is 7.59. The molecule has 1 heterocycles. The summed E-state index contributed by atoms with van der Waals surface area (Å²) in [6, 6.07) is 10.2. The maximum absolute atomic E-state index is 12.3. The van der Waals surface area contributed by atoms with Crippen molar-refractivity contribution in [2.45, 2.75) is 37.1 Å². The van der Waals surface area contributed by atoms with Crippen LogP contribution in [0.3, 0.4) is 0 Å². The Labute approximate surface area is 144 Å². The minimum absolute atomic E-state index is 0.217. The summed E-state index contributed by atoms with van der Waals surface area (Å²) in [4.78, 5) is 30.9. The van der Waals surface area contributed by atoms with E-state index in [0.717, 1.165) is 18.5 Å². The van der Waals surface area contributed by atoms with Gasteiger partial charge < -0.3 is 10.3 Å². The highest BCUT2D eigenvalue weighted by Crippen LogP contribution is 2.20. The van der Waals surface area contributed by atoms with Gasteiger partial charge >= 0.3 is 0 Å². The van der Waals surface area contributed by atoms with E-state index in [1.807, 2.05) is 13.0 Å². The van der Waals surface area contributed by atoms with Crippen molar-refractivity contribution in [2.75, 3.05) is 5.32 Å². The van der Waals surface area contributed by atoms with Gasteiger partial charge in [-0.25, -0.2) is 4.98 Å². The van der Waals surface area contributed by atoms with E-state index in [-0.39, 0.29) is 11.5 Å². The predicted octanol–water partition coefficient (Wildman–Crippen LogP) is 2.71. The summed E-state index contributed by atoms with van der Waals surface area (Å²) in [6.45, 7) is 3.75. The Hall–Kier alpha value is -2.59. The van der Waals surface area contributed by atoms with Crippen molar-refractivity contribution in [2.24, 2.45) is 0 Å². The Morgan fingerprint density at radius 2 is 2.25 bits per heavy atom. The first-order chi connectivity index (χ1) is 11.5. The molecule has 7 heteroatoms. The monoisotopic (exact) mass is 342 g/mol. The van der Waals surface area contributed by atoms with Crippen LogP contribution in [-0.4, -0.2) is 21.1 Å². The average molecular weight is 342 g/mol. The first-order valence-corrected chi connectivity index (χ1v) is 8.47. The predicted molar refractivity (Wildman–Crippen MR) is 94.0 cm³/mol. The summed E-state index contributed by atoms with van der Waals surface area (Å²) in [5, 5.41) is 11.6. The van der Waals surface area contributed by atoms with Crippen molar-refractivity contribution in [1.82, 2.24) is 9.97 Å². The van der Waals surface area contributed by atoms with Crippen LogP contribution in [-0.2, 0) is 11.2 Å². The van der Waals surface area contributed by atoms with E-state index in [2.05, 4.69) is 15.3 Å².